The maximum atomic E-state index is 11.8. The molecule has 0 saturated carbocycles. The highest BCUT2D eigenvalue weighted by Gasteiger charge is 2.15. The smallest absolute Gasteiger partial charge is 0.328 e. The van der Waals surface area contributed by atoms with Gasteiger partial charge in [-0.3, -0.25) is 9.78 Å². The van der Waals surface area contributed by atoms with Crippen LogP contribution < -0.4 is 11.2 Å². The fraction of sp³-hybridized carbons (Fsp3) is 0.154. The lowest BCUT2D eigenvalue weighted by molar-refractivity contribution is 0.884. The van der Waals surface area contributed by atoms with Crippen molar-refractivity contribution in [3.63, 3.8) is 0 Å². The first-order valence-electron chi connectivity index (χ1n) is 5.57. The number of nitrogens with zero attached hydrogens (tertiary/aromatic N) is 2. The van der Waals surface area contributed by atoms with E-state index in [2.05, 4.69) is 9.97 Å². The van der Waals surface area contributed by atoms with Gasteiger partial charge in [0, 0.05) is 7.05 Å². The highest BCUT2D eigenvalue weighted by molar-refractivity contribution is 5.87. The number of fused-ring (bicyclic) bond motifs is 2. The fourth-order valence-electron chi connectivity index (χ4n) is 2.35. The zero-order valence-corrected chi connectivity index (χ0v) is 10.0. The van der Waals surface area contributed by atoms with Crippen LogP contribution in [0, 0.1) is 6.92 Å². The highest BCUT2D eigenvalue weighted by Crippen LogP contribution is 2.24. The third kappa shape index (κ3) is 1.37. The zero-order chi connectivity index (χ0) is 12.9. The third-order valence-electron chi connectivity index (χ3n) is 3.14. The van der Waals surface area contributed by atoms with Gasteiger partial charge in [0.25, 0.3) is 5.56 Å². The Morgan fingerprint density at radius 3 is 2.83 bits per heavy atom. The molecule has 0 spiro atoms. The fourth-order valence-corrected chi connectivity index (χ4v) is 2.35. The molecule has 18 heavy (non-hydrogen) atoms. The number of rotatable bonds is 0. The van der Waals surface area contributed by atoms with E-state index in [1.165, 1.54) is 0 Å². The van der Waals surface area contributed by atoms with E-state index in [-0.39, 0.29) is 0 Å². The summed E-state index contributed by atoms with van der Waals surface area (Å²) in [6.07, 6.45) is 0. The number of H-pyrrole nitrogens is 1. The molecule has 1 aromatic carbocycles. The van der Waals surface area contributed by atoms with Gasteiger partial charge in [-0.25, -0.2) is 4.79 Å². The molecule has 0 aliphatic carbocycles. The van der Waals surface area contributed by atoms with Crippen molar-refractivity contribution in [2.45, 2.75) is 6.92 Å². The van der Waals surface area contributed by atoms with Crippen LogP contribution in [0.2, 0.25) is 0 Å². The average Bonchev–Trinajstić information content (AvgIpc) is 2.31. The van der Waals surface area contributed by atoms with E-state index in [9.17, 15) is 9.59 Å². The summed E-state index contributed by atoms with van der Waals surface area (Å²) in [5.74, 6) is 0.408. The second kappa shape index (κ2) is 3.53. The minimum absolute atomic E-state index is 0.399. The second-order valence-electron chi connectivity index (χ2n) is 4.32. The molecule has 1 aromatic rings. The van der Waals surface area contributed by atoms with Crippen LogP contribution in [0.15, 0.2) is 33.9 Å². The molecule has 5 heteroatoms. The summed E-state index contributed by atoms with van der Waals surface area (Å²) >= 11 is 0. The molecule has 0 unspecified atom stereocenters. The number of aromatic amines is 1. The van der Waals surface area contributed by atoms with Crippen LogP contribution in [-0.2, 0) is 7.05 Å². The lowest BCUT2D eigenvalue weighted by Gasteiger charge is -2.14. The molecule has 5 nitrogen and oxygen atoms in total. The van der Waals surface area contributed by atoms with Crippen molar-refractivity contribution in [3.8, 4) is 11.4 Å². The lowest BCUT2D eigenvalue weighted by atomic mass is 10.1. The van der Waals surface area contributed by atoms with Gasteiger partial charge in [-0.2, -0.15) is 4.98 Å². The molecule has 0 bridgehead atoms. The summed E-state index contributed by atoms with van der Waals surface area (Å²) in [7, 11) is 1.81. The van der Waals surface area contributed by atoms with Crippen molar-refractivity contribution in [3.05, 3.63) is 50.7 Å². The number of nitrogens with one attached hydrogen (secondary N) is 1. The van der Waals surface area contributed by atoms with Crippen LogP contribution >= 0.6 is 0 Å². The minimum Gasteiger partial charge on any atom is -0.328 e. The molecule has 0 saturated heterocycles. The molecule has 2 heterocycles. The van der Waals surface area contributed by atoms with Gasteiger partial charge in [0.2, 0.25) is 0 Å². The van der Waals surface area contributed by atoms with E-state index in [4.69, 9.17) is 0 Å². The summed E-state index contributed by atoms with van der Waals surface area (Å²) < 4.78 is 1.79. The second-order valence-corrected chi connectivity index (χ2v) is 4.32. The molecule has 0 radical (unpaired) electrons. The van der Waals surface area contributed by atoms with Crippen molar-refractivity contribution in [2.75, 3.05) is 0 Å². The van der Waals surface area contributed by atoms with Crippen molar-refractivity contribution in [1.29, 1.82) is 0 Å². The van der Waals surface area contributed by atoms with Gasteiger partial charge in [0.05, 0.1) is 11.1 Å². The Hall–Kier alpha value is -2.43. The van der Waals surface area contributed by atoms with Gasteiger partial charge in [-0.05, 0) is 23.9 Å². The first-order valence-corrected chi connectivity index (χ1v) is 5.57. The van der Waals surface area contributed by atoms with Crippen LogP contribution in [0.5, 0.6) is 0 Å². The molecule has 0 atom stereocenters. The molecule has 2 aliphatic heterocycles. The largest absolute Gasteiger partial charge is 0.349 e. The van der Waals surface area contributed by atoms with E-state index in [1.807, 2.05) is 32.2 Å². The van der Waals surface area contributed by atoms with Gasteiger partial charge >= 0.3 is 5.69 Å². The zero-order valence-electron chi connectivity index (χ0n) is 10.0. The Bertz CT molecular complexity index is 845. The van der Waals surface area contributed by atoms with Gasteiger partial charge in [-0.15, -0.1) is 0 Å². The SMILES string of the molecule is Cc1cccc2cc3c(=O)[nH]c(=O)nc-3n(C)c12. The number of pyridine rings is 1. The number of aromatic nitrogens is 3. The van der Waals surface area contributed by atoms with Crippen LogP contribution in [0.3, 0.4) is 0 Å². The molecule has 0 fully saturated rings. The number of para-hydroxylation sites is 1. The summed E-state index contributed by atoms with van der Waals surface area (Å²) in [4.78, 5) is 29.1. The van der Waals surface area contributed by atoms with Crippen LogP contribution in [0.4, 0.5) is 0 Å². The Morgan fingerprint density at radius 2 is 2.06 bits per heavy atom. The van der Waals surface area contributed by atoms with Crippen LogP contribution in [0.1, 0.15) is 5.56 Å². The van der Waals surface area contributed by atoms with Crippen molar-refractivity contribution < 1.29 is 0 Å². The maximum absolute atomic E-state index is 11.8. The van der Waals surface area contributed by atoms with Crippen molar-refractivity contribution >= 4 is 10.9 Å². The predicted molar refractivity (Wildman–Crippen MR) is 69.0 cm³/mol. The number of hydrogen-bond donors (Lipinski definition) is 1. The highest BCUT2D eigenvalue weighted by atomic mass is 16.2. The van der Waals surface area contributed by atoms with Crippen LogP contribution in [0.25, 0.3) is 22.3 Å². The van der Waals surface area contributed by atoms with Gasteiger partial charge in [-0.1, -0.05) is 18.2 Å². The number of benzene rings is 1. The number of hydrogen-bond acceptors (Lipinski definition) is 3. The Balaban J connectivity index is 2.66. The van der Waals surface area contributed by atoms with Crippen molar-refractivity contribution in [1.82, 2.24) is 14.5 Å². The summed E-state index contributed by atoms with van der Waals surface area (Å²) in [6, 6.07) is 7.63. The number of aryl methyl sites for hydroxylation is 2. The molecule has 90 valence electrons. The third-order valence-corrected chi connectivity index (χ3v) is 3.14. The van der Waals surface area contributed by atoms with Gasteiger partial charge < -0.3 is 4.57 Å². The summed E-state index contributed by atoms with van der Waals surface area (Å²) in [6.45, 7) is 1.99. The lowest BCUT2D eigenvalue weighted by Crippen LogP contribution is -2.27. The minimum atomic E-state index is -0.615. The monoisotopic (exact) mass is 241 g/mol. The standard InChI is InChI=1S/C13H11N3O2/c1-7-4-3-5-8-6-9-11(16(2)10(7)8)14-13(18)15-12(9)17/h3-6H,1-2H3,(H,15,17,18). The molecule has 3 rings (SSSR count). The van der Waals surface area contributed by atoms with Crippen LogP contribution in [-0.4, -0.2) is 14.5 Å². The first-order chi connectivity index (χ1) is 8.58. The average molecular weight is 241 g/mol. The molecule has 0 aromatic heterocycles. The van der Waals surface area contributed by atoms with E-state index < -0.39 is 11.2 Å². The Labute approximate surface area is 102 Å². The normalized spacial score (nSPS) is 11.2. The first kappa shape index (κ1) is 10.7. The Kier molecular flexibility index (Phi) is 2.10. The van der Waals surface area contributed by atoms with E-state index in [1.54, 1.807) is 10.6 Å². The molecular formula is C13H11N3O2. The maximum Gasteiger partial charge on any atom is 0.349 e. The molecule has 0 amide bonds. The van der Waals surface area contributed by atoms with E-state index in [0.29, 0.717) is 11.4 Å². The van der Waals surface area contributed by atoms with Gasteiger partial charge in [0.15, 0.2) is 5.82 Å². The van der Waals surface area contributed by atoms with E-state index >= 15 is 0 Å². The van der Waals surface area contributed by atoms with E-state index in [0.717, 1.165) is 16.5 Å². The topological polar surface area (TPSA) is 67.8 Å². The summed E-state index contributed by atoms with van der Waals surface area (Å²) in [5, 5.41) is 0.955. The molecule has 2 aliphatic rings. The quantitative estimate of drug-likeness (QED) is 0.598. The van der Waals surface area contributed by atoms with Gasteiger partial charge in [0.1, 0.15) is 0 Å². The molecular weight excluding hydrogens is 230 g/mol. The molecule has 1 N–H and O–H groups in total. The summed E-state index contributed by atoms with van der Waals surface area (Å²) in [5.41, 5.74) is 1.46. The predicted octanol–water partition coefficient (Wildman–Crippen LogP) is 1.04. The van der Waals surface area contributed by atoms with Crippen molar-refractivity contribution in [2.24, 2.45) is 7.05 Å². The Morgan fingerprint density at radius 1 is 1.28 bits per heavy atom.